The lowest BCUT2D eigenvalue weighted by molar-refractivity contribution is -0.135. The number of benzene rings is 1. The molecule has 0 bridgehead atoms. The summed E-state index contributed by atoms with van der Waals surface area (Å²) in [4.78, 5) is 31.2. The number of nitrogens with zero attached hydrogens (tertiary/aromatic N) is 1. The van der Waals surface area contributed by atoms with Crippen LogP contribution in [0, 0.1) is 0 Å². The first kappa shape index (κ1) is 16.1. The maximum absolute atomic E-state index is 12.6. The summed E-state index contributed by atoms with van der Waals surface area (Å²) < 4.78 is 0. The molecule has 6 heteroatoms. The van der Waals surface area contributed by atoms with Crippen LogP contribution < -0.4 is 11.0 Å². The zero-order valence-electron chi connectivity index (χ0n) is 13.7. The van der Waals surface area contributed by atoms with Gasteiger partial charge in [-0.15, -0.1) is 0 Å². The molecular weight excluding hydrogens is 280 g/mol. The summed E-state index contributed by atoms with van der Waals surface area (Å²) in [5.41, 5.74) is 2.04. The van der Waals surface area contributed by atoms with Crippen LogP contribution in [-0.4, -0.2) is 38.9 Å². The van der Waals surface area contributed by atoms with Crippen molar-refractivity contribution in [1.82, 2.24) is 14.9 Å². The second kappa shape index (κ2) is 6.25. The van der Waals surface area contributed by atoms with Crippen LogP contribution in [0.1, 0.15) is 34.6 Å². The van der Waals surface area contributed by atoms with Gasteiger partial charge < -0.3 is 20.2 Å². The SMILES string of the molecule is CC(C)N(C(=O)[C@@H](C)Nc1ccc2[nH]c(=O)[nH]c2c1)C(C)C. The van der Waals surface area contributed by atoms with Gasteiger partial charge in [-0.2, -0.15) is 0 Å². The van der Waals surface area contributed by atoms with Crippen molar-refractivity contribution in [2.24, 2.45) is 0 Å². The number of H-pyrrole nitrogens is 2. The molecule has 0 aliphatic rings. The molecule has 1 aromatic heterocycles. The maximum atomic E-state index is 12.6. The molecule has 0 aliphatic carbocycles. The summed E-state index contributed by atoms with van der Waals surface area (Å²) in [6.07, 6.45) is 0. The fraction of sp³-hybridized carbons (Fsp3) is 0.500. The van der Waals surface area contributed by atoms with E-state index in [2.05, 4.69) is 15.3 Å². The molecule has 2 rings (SSSR count). The number of anilines is 1. The topological polar surface area (TPSA) is 81.0 Å². The quantitative estimate of drug-likeness (QED) is 0.793. The Balaban J connectivity index is 2.16. The molecule has 0 saturated carbocycles. The van der Waals surface area contributed by atoms with Crippen molar-refractivity contribution in [3.63, 3.8) is 0 Å². The Hall–Kier alpha value is -2.24. The van der Waals surface area contributed by atoms with Crippen molar-refractivity contribution >= 4 is 22.6 Å². The van der Waals surface area contributed by atoms with E-state index in [1.54, 1.807) is 0 Å². The summed E-state index contributed by atoms with van der Waals surface area (Å²) in [7, 11) is 0. The first-order valence-corrected chi connectivity index (χ1v) is 7.60. The molecule has 1 atom stereocenters. The molecule has 3 N–H and O–H groups in total. The van der Waals surface area contributed by atoms with Crippen LogP contribution in [0.25, 0.3) is 11.0 Å². The Bertz CT molecular complexity index is 706. The maximum Gasteiger partial charge on any atom is 0.323 e. The van der Waals surface area contributed by atoms with E-state index in [1.165, 1.54) is 0 Å². The molecule has 0 spiro atoms. The third kappa shape index (κ3) is 3.32. The minimum absolute atomic E-state index is 0.0626. The molecule has 6 nitrogen and oxygen atoms in total. The monoisotopic (exact) mass is 304 g/mol. The second-order valence-electron chi connectivity index (χ2n) is 6.14. The lowest BCUT2D eigenvalue weighted by Gasteiger charge is -2.33. The van der Waals surface area contributed by atoms with Crippen LogP contribution in [0.15, 0.2) is 23.0 Å². The third-order valence-electron chi connectivity index (χ3n) is 3.64. The van der Waals surface area contributed by atoms with Crippen LogP contribution in [-0.2, 0) is 4.79 Å². The van der Waals surface area contributed by atoms with Gasteiger partial charge >= 0.3 is 5.69 Å². The van der Waals surface area contributed by atoms with Gasteiger partial charge in [-0.3, -0.25) is 4.79 Å². The zero-order valence-corrected chi connectivity index (χ0v) is 13.7. The Labute approximate surface area is 129 Å². The van der Waals surface area contributed by atoms with Gasteiger partial charge in [0.2, 0.25) is 5.91 Å². The average molecular weight is 304 g/mol. The highest BCUT2D eigenvalue weighted by molar-refractivity contribution is 5.86. The van der Waals surface area contributed by atoms with Gasteiger partial charge in [-0.25, -0.2) is 4.79 Å². The van der Waals surface area contributed by atoms with Crippen molar-refractivity contribution in [1.29, 1.82) is 0 Å². The molecule has 1 amide bonds. The molecule has 0 fully saturated rings. The summed E-state index contributed by atoms with van der Waals surface area (Å²) in [6, 6.07) is 5.46. The molecule has 0 saturated heterocycles. The standard InChI is InChI=1S/C16H24N4O2/c1-9(2)20(10(3)4)15(21)11(5)17-12-6-7-13-14(8-12)19-16(22)18-13/h6-11,17H,1-5H3,(H2,18,19,22)/t11-/m1/s1. The van der Waals surface area contributed by atoms with Gasteiger partial charge in [0, 0.05) is 17.8 Å². The number of amides is 1. The number of hydrogen-bond donors (Lipinski definition) is 3. The number of imidazole rings is 1. The smallest absolute Gasteiger partial charge is 0.323 e. The van der Waals surface area contributed by atoms with Crippen molar-refractivity contribution in [2.45, 2.75) is 52.7 Å². The Morgan fingerprint density at radius 3 is 2.23 bits per heavy atom. The Morgan fingerprint density at radius 2 is 1.64 bits per heavy atom. The number of fused-ring (bicyclic) bond motifs is 1. The van der Waals surface area contributed by atoms with E-state index in [9.17, 15) is 9.59 Å². The van der Waals surface area contributed by atoms with Crippen LogP contribution in [0.3, 0.4) is 0 Å². The minimum atomic E-state index is -0.340. The van der Waals surface area contributed by atoms with Gasteiger partial charge in [-0.05, 0) is 52.8 Å². The molecule has 0 unspecified atom stereocenters. The van der Waals surface area contributed by atoms with Crippen LogP contribution in [0.4, 0.5) is 5.69 Å². The number of carbonyl (C=O) groups excluding carboxylic acids is 1. The first-order valence-electron chi connectivity index (χ1n) is 7.60. The number of aromatic amines is 2. The van der Waals surface area contributed by atoms with E-state index in [-0.39, 0.29) is 29.7 Å². The van der Waals surface area contributed by atoms with E-state index < -0.39 is 0 Å². The van der Waals surface area contributed by atoms with Gasteiger partial charge in [0.05, 0.1) is 11.0 Å². The van der Waals surface area contributed by atoms with E-state index in [4.69, 9.17) is 0 Å². The fourth-order valence-corrected chi connectivity index (χ4v) is 2.76. The van der Waals surface area contributed by atoms with Crippen molar-refractivity contribution in [2.75, 3.05) is 5.32 Å². The fourth-order valence-electron chi connectivity index (χ4n) is 2.76. The number of carbonyl (C=O) groups is 1. The highest BCUT2D eigenvalue weighted by Gasteiger charge is 2.24. The molecular formula is C16H24N4O2. The summed E-state index contributed by atoms with van der Waals surface area (Å²) in [5.74, 6) is 0.0626. The Morgan fingerprint density at radius 1 is 1.05 bits per heavy atom. The van der Waals surface area contributed by atoms with Gasteiger partial charge in [0.1, 0.15) is 6.04 Å². The lowest BCUT2D eigenvalue weighted by atomic mass is 10.1. The van der Waals surface area contributed by atoms with Crippen LogP contribution in [0.2, 0.25) is 0 Å². The predicted octanol–water partition coefficient (Wildman–Crippen LogP) is 2.30. The molecule has 1 heterocycles. The summed E-state index contributed by atoms with van der Waals surface area (Å²) in [5, 5.41) is 3.21. The number of rotatable bonds is 5. The summed E-state index contributed by atoms with van der Waals surface area (Å²) >= 11 is 0. The van der Waals surface area contributed by atoms with Crippen LogP contribution >= 0.6 is 0 Å². The highest BCUT2D eigenvalue weighted by Crippen LogP contribution is 2.17. The van der Waals surface area contributed by atoms with Crippen molar-refractivity contribution in [3.05, 3.63) is 28.7 Å². The molecule has 2 aromatic rings. The van der Waals surface area contributed by atoms with Gasteiger partial charge in [-0.1, -0.05) is 0 Å². The van der Waals surface area contributed by atoms with E-state index >= 15 is 0 Å². The zero-order chi connectivity index (χ0) is 16.4. The number of nitrogens with one attached hydrogen (secondary N) is 3. The molecule has 0 aliphatic heterocycles. The van der Waals surface area contributed by atoms with Crippen molar-refractivity contribution < 1.29 is 4.79 Å². The van der Waals surface area contributed by atoms with E-state index in [1.807, 2.05) is 57.7 Å². The van der Waals surface area contributed by atoms with Gasteiger partial charge in [0.25, 0.3) is 0 Å². The van der Waals surface area contributed by atoms with Gasteiger partial charge in [0.15, 0.2) is 0 Å². The molecule has 1 aromatic carbocycles. The lowest BCUT2D eigenvalue weighted by Crippen LogP contribution is -2.48. The van der Waals surface area contributed by atoms with E-state index in [0.717, 1.165) is 16.7 Å². The number of aromatic nitrogens is 2. The van der Waals surface area contributed by atoms with Crippen molar-refractivity contribution in [3.8, 4) is 0 Å². The number of hydrogen-bond acceptors (Lipinski definition) is 3. The molecule has 22 heavy (non-hydrogen) atoms. The minimum Gasteiger partial charge on any atom is -0.374 e. The average Bonchev–Trinajstić information content (AvgIpc) is 2.77. The normalized spacial score (nSPS) is 12.9. The first-order chi connectivity index (χ1) is 10.3. The Kier molecular flexibility index (Phi) is 4.59. The second-order valence-corrected chi connectivity index (χ2v) is 6.14. The summed E-state index contributed by atoms with van der Waals surface area (Å²) in [6.45, 7) is 9.91. The third-order valence-corrected chi connectivity index (χ3v) is 3.64. The molecule has 0 radical (unpaired) electrons. The predicted molar refractivity (Wildman–Crippen MR) is 89.1 cm³/mol. The van der Waals surface area contributed by atoms with E-state index in [0.29, 0.717) is 0 Å². The molecule has 120 valence electrons. The largest absolute Gasteiger partial charge is 0.374 e. The highest BCUT2D eigenvalue weighted by atomic mass is 16.2. The van der Waals surface area contributed by atoms with Crippen LogP contribution in [0.5, 0.6) is 0 Å².